The largest absolute Gasteiger partial charge is 0.398 e. The molecule has 0 aliphatic rings. The van der Waals surface area contributed by atoms with Crippen LogP contribution in [0.3, 0.4) is 0 Å². The van der Waals surface area contributed by atoms with Crippen LogP contribution in [0.5, 0.6) is 0 Å². The van der Waals surface area contributed by atoms with Gasteiger partial charge in [-0.1, -0.05) is 0 Å². The van der Waals surface area contributed by atoms with E-state index in [0.717, 1.165) is 11.3 Å². The molecular weight excluding hydrogens is 268 g/mol. The van der Waals surface area contributed by atoms with Gasteiger partial charge in [-0.15, -0.1) is 0 Å². The van der Waals surface area contributed by atoms with Gasteiger partial charge in [-0.05, 0) is 43.4 Å². The fraction of sp³-hybridized carbons (Fsp3) is 0.500. The molecule has 102 valence electrons. The van der Waals surface area contributed by atoms with Crippen LogP contribution in [0.1, 0.15) is 11.1 Å². The van der Waals surface area contributed by atoms with Crippen molar-refractivity contribution < 1.29 is 8.42 Å². The number of benzene rings is 1. The zero-order chi connectivity index (χ0) is 13.9. The summed E-state index contributed by atoms with van der Waals surface area (Å²) in [6, 6.07) is 3.47. The molecule has 0 radical (unpaired) electrons. The predicted molar refractivity (Wildman–Crippen MR) is 78.5 cm³/mol. The summed E-state index contributed by atoms with van der Waals surface area (Å²) in [5.74, 6) is 0.774. The van der Waals surface area contributed by atoms with Crippen LogP contribution >= 0.6 is 11.8 Å². The molecule has 1 rings (SSSR count). The first-order chi connectivity index (χ1) is 8.30. The second kappa shape index (κ2) is 5.95. The van der Waals surface area contributed by atoms with Crippen molar-refractivity contribution in [1.82, 2.24) is 4.31 Å². The molecule has 1 aromatic rings. The Balaban J connectivity index is 3.20. The smallest absolute Gasteiger partial charge is 0.243 e. The highest BCUT2D eigenvalue weighted by molar-refractivity contribution is 7.98. The topological polar surface area (TPSA) is 63.4 Å². The number of nitrogens with zero attached hydrogens (tertiary/aromatic N) is 1. The molecule has 0 heterocycles. The fourth-order valence-electron chi connectivity index (χ4n) is 1.63. The SMILES string of the molecule is CSCCN(C)S(=O)(=O)c1cc(C)cc(N)c1C. The number of thioether (sulfide) groups is 1. The normalized spacial score (nSPS) is 12.1. The number of aryl methyl sites for hydroxylation is 1. The molecule has 0 fully saturated rings. The first kappa shape index (κ1) is 15.3. The number of anilines is 1. The van der Waals surface area contributed by atoms with Gasteiger partial charge in [0.25, 0.3) is 0 Å². The van der Waals surface area contributed by atoms with Gasteiger partial charge in [0.2, 0.25) is 10.0 Å². The maximum absolute atomic E-state index is 12.4. The molecule has 0 amide bonds. The van der Waals surface area contributed by atoms with Gasteiger partial charge in [0, 0.05) is 25.0 Å². The zero-order valence-electron chi connectivity index (χ0n) is 11.2. The van der Waals surface area contributed by atoms with Gasteiger partial charge in [0.1, 0.15) is 0 Å². The van der Waals surface area contributed by atoms with Crippen molar-refractivity contribution in [2.45, 2.75) is 18.7 Å². The van der Waals surface area contributed by atoms with E-state index in [1.807, 2.05) is 13.2 Å². The van der Waals surface area contributed by atoms with Gasteiger partial charge in [-0.25, -0.2) is 12.7 Å². The summed E-state index contributed by atoms with van der Waals surface area (Å²) in [5.41, 5.74) is 7.83. The Kier molecular flexibility index (Phi) is 5.07. The number of nitrogen functional groups attached to an aromatic ring is 1. The monoisotopic (exact) mass is 288 g/mol. The number of sulfonamides is 1. The molecule has 6 heteroatoms. The number of nitrogens with two attached hydrogens (primary N) is 1. The second-order valence-corrected chi connectivity index (χ2v) is 7.30. The molecule has 1 aromatic carbocycles. The zero-order valence-corrected chi connectivity index (χ0v) is 12.9. The van der Waals surface area contributed by atoms with Crippen molar-refractivity contribution in [3.8, 4) is 0 Å². The van der Waals surface area contributed by atoms with Crippen LogP contribution in [0.15, 0.2) is 17.0 Å². The van der Waals surface area contributed by atoms with Crippen molar-refractivity contribution in [2.75, 3.05) is 31.3 Å². The molecule has 0 spiro atoms. The van der Waals surface area contributed by atoms with Crippen molar-refractivity contribution >= 4 is 27.5 Å². The van der Waals surface area contributed by atoms with Crippen molar-refractivity contribution in [2.24, 2.45) is 0 Å². The Morgan fingerprint density at radius 2 is 1.94 bits per heavy atom. The average molecular weight is 288 g/mol. The molecule has 18 heavy (non-hydrogen) atoms. The third-order valence-electron chi connectivity index (χ3n) is 2.84. The summed E-state index contributed by atoms with van der Waals surface area (Å²) in [6.45, 7) is 4.08. The Morgan fingerprint density at radius 1 is 1.33 bits per heavy atom. The van der Waals surface area contributed by atoms with E-state index in [9.17, 15) is 8.42 Å². The lowest BCUT2D eigenvalue weighted by molar-refractivity contribution is 0.488. The molecule has 0 atom stereocenters. The Bertz CT molecular complexity index is 527. The first-order valence-electron chi connectivity index (χ1n) is 5.62. The van der Waals surface area contributed by atoms with E-state index in [0.29, 0.717) is 22.7 Å². The minimum Gasteiger partial charge on any atom is -0.398 e. The van der Waals surface area contributed by atoms with Gasteiger partial charge >= 0.3 is 0 Å². The minimum absolute atomic E-state index is 0.309. The lowest BCUT2D eigenvalue weighted by Gasteiger charge is -2.19. The fourth-order valence-corrected chi connectivity index (χ4v) is 3.71. The molecule has 4 nitrogen and oxygen atoms in total. The predicted octanol–water partition coefficient (Wildman–Crippen LogP) is 1.87. The van der Waals surface area contributed by atoms with E-state index < -0.39 is 10.0 Å². The lowest BCUT2D eigenvalue weighted by Crippen LogP contribution is -2.29. The summed E-state index contributed by atoms with van der Waals surface area (Å²) in [6.07, 6.45) is 1.95. The van der Waals surface area contributed by atoms with Crippen LogP contribution in [0.4, 0.5) is 5.69 Å². The highest BCUT2D eigenvalue weighted by atomic mass is 32.2. The van der Waals surface area contributed by atoms with Gasteiger partial charge in [0.15, 0.2) is 0 Å². The van der Waals surface area contributed by atoms with Crippen LogP contribution < -0.4 is 5.73 Å². The van der Waals surface area contributed by atoms with E-state index in [-0.39, 0.29) is 0 Å². The van der Waals surface area contributed by atoms with Crippen LogP contribution in [0, 0.1) is 13.8 Å². The quantitative estimate of drug-likeness (QED) is 0.840. The van der Waals surface area contributed by atoms with Crippen molar-refractivity contribution in [1.29, 1.82) is 0 Å². The third-order valence-corrected chi connectivity index (χ3v) is 5.42. The molecule has 0 saturated carbocycles. The Labute approximate surface area is 114 Å². The van der Waals surface area contributed by atoms with E-state index >= 15 is 0 Å². The highest BCUT2D eigenvalue weighted by Crippen LogP contribution is 2.25. The Morgan fingerprint density at radius 3 is 2.50 bits per heavy atom. The average Bonchev–Trinajstić information content (AvgIpc) is 2.30. The molecular formula is C12H20N2O2S2. The summed E-state index contributed by atoms with van der Waals surface area (Å²) >= 11 is 1.62. The second-order valence-electron chi connectivity index (χ2n) is 4.30. The van der Waals surface area contributed by atoms with E-state index in [4.69, 9.17) is 5.73 Å². The first-order valence-corrected chi connectivity index (χ1v) is 8.46. The maximum Gasteiger partial charge on any atom is 0.243 e. The summed E-state index contributed by atoms with van der Waals surface area (Å²) in [5, 5.41) is 0. The maximum atomic E-state index is 12.4. The third kappa shape index (κ3) is 3.18. The van der Waals surface area contributed by atoms with E-state index in [1.165, 1.54) is 4.31 Å². The molecule has 2 N–H and O–H groups in total. The molecule has 0 unspecified atom stereocenters. The summed E-state index contributed by atoms with van der Waals surface area (Å²) in [4.78, 5) is 0.309. The van der Waals surface area contributed by atoms with Crippen LogP contribution in [0.2, 0.25) is 0 Å². The summed E-state index contributed by atoms with van der Waals surface area (Å²) in [7, 11) is -1.85. The van der Waals surface area contributed by atoms with Gasteiger partial charge in [0.05, 0.1) is 4.90 Å². The number of hydrogen-bond acceptors (Lipinski definition) is 4. The van der Waals surface area contributed by atoms with Gasteiger partial charge < -0.3 is 5.73 Å². The number of hydrogen-bond donors (Lipinski definition) is 1. The highest BCUT2D eigenvalue weighted by Gasteiger charge is 2.23. The van der Waals surface area contributed by atoms with Gasteiger partial charge in [-0.2, -0.15) is 11.8 Å². The van der Waals surface area contributed by atoms with Crippen LogP contribution in [-0.2, 0) is 10.0 Å². The minimum atomic E-state index is -3.45. The standard InChI is InChI=1S/C12H20N2O2S2/c1-9-7-11(13)10(2)12(8-9)18(15,16)14(3)5-6-17-4/h7-8H,5-6,13H2,1-4H3. The lowest BCUT2D eigenvalue weighted by atomic mass is 10.1. The molecule has 0 aromatic heterocycles. The van der Waals surface area contributed by atoms with Gasteiger partial charge in [-0.3, -0.25) is 0 Å². The Hall–Kier alpha value is -0.720. The summed E-state index contributed by atoms with van der Waals surface area (Å²) < 4.78 is 26.2. The van der Waals surface area contributed by atoms with Crippen molar-refractivity contribution in [3.63, 3.8) is 0 Å². The van der Waals surface area contributed by atoms with Crippen LogP contribution in [-0.4, -0.2) is 38.3 Å². The van der Waals surface area contributed by atoms with E-state index in [2.05, 4.69) is 0 Å². The van der Waals surface area contributed by atoms with E-state index in [1.54, 1.807) is 37.9 Å². The number of rotatable bonds is 5. The van der Waals surface area contributed by atoms with Crippen molar-refractivity contribution in [3.05, 3.63) is 23.3 Å². The molecule has 0 saturated heterocycles. The molecule has 0 aliphatic carbocycles. The van der Waals surface area contributed by atoms with Crippen LogP contribution in [0.25, 0.3) is 0 Å². The molecule has 0 aliphatic heterocycles. The molecule has 0 bridgehead atoms.